The van der Waals surface area contributed by atoms with E-state index < -0.39 is 0 Å². The molecule has 27 heavy (non-hydrogen) atoms. The average molecular weight is 389 g/mol. The average Bonchev–Trinajstić information content (AvgIpc) is 2.97. The molecule has 0 fully saturated rings. The van der Waals surface area contributed by atoms with Crippen molar-refractivity contribution in [1.29, 1.82) is 0 Å². The zero-order valence-corrected chi connectivity index (χ0v) is 17.3. The van der Waals surface area contributed by atoms with E-state index in [1.165, 1.54) is 43.4 Å². The maximum atomic E-state index is 12.6. The number of unbranched alkanes of at least 4 members (excludes halogenated alkanes) is 6. The molecule has 1 aromatic carbocycles. The van der Waals surface area contributed by atoms with Crippen molar-refractivity contribution in [3.63, 3.8) is 0 Å². The van der Waals surface area contributed by atoms with E-state index in [9.17, 15) is 4.79 Å². The molecule has 4 N–H and O–H groups in total. The third kappa shape index (κ3) is 7.31. The van der Waals surface area contributed by atoms with Crippen molar-refractivity contribution in [3.8, 4) is 0 Å². The van der Waals surface area contributed by atoms with Gasteiger partial charge >= 0.3 is 0 Å². The second-order valence-corrected chi connectivity index (χ2v) is 8.05. The standard InChI is InChI=1S/C21H32N4OS/c1-16-17(2)27-21(24-16)25-20(26)18-12-8-9-13-19(18)23-15-11-7-5-3-4-6-10-14-22/h8-9,12-13,23H,3-7,10-11,14-15,22H2,1-2H3,(H,24,25,26). The van der Waals surface area contributed by atoms with Crippen LogP contribution in [0.1, 0.15) is 65.9 Å². The Morgan fingerprint density at radius 1 is 1.04 bits per heavy atom. The molecule has 0 saturated heterocycles. The largest absolute Gasteiger partial charge is 0.384 e. The van der Waals surface area contributed by atoms with E-state index >= 15 is 0 Å². The van der Waals surface area contributed by atoms with E-state index in [1.54, 1.807) is 0 Å². The van der Waals surface area contributed by atoms with Gasteiger partial charge in [-0.25, -0.2) is 4.98 Å². The smallest absolute Gasteiger partial charge is 0.259 e. The van der Waals surface area contributed by atoms with Crippen LogP contribution in [0.2, 0.25) is 0 Å². The summed E-state index contributed by atoms with van der Waals surface area (Å²) >= 11 is 1.51. The van der Waals surface area contributed by atoms with Crippen LogP contribution in [0.15, 0.2) is 24.3 Å². The fourth-order valence-electron chi connectivity index (χ4n) is 2.90. The van der Waals surface area contributed by atoms with Gasteiger partial charge in [-0.05, 0) is 45.4 Å². The molecule has 6 heteroatoms. The molecular weight excluding hydrogens is 356 g/mol. The minimum atomic E-state index is -0.119. The summed E-state index contributed by atoms with van der Waals surface area (Å²) in [5.74, 6) is -0.119. The molecule has 0 spiro atoms. The number of thiazole rings is 1. The van der Waals surface area contributed by atoms with E-state index in [2.05, 4.69) is 15.6 Å². The Kier molecular flexibility index (Phi) is 9.28. The SMILES string of the molecule is Cc1nc(NC(=O)c2ccccc2NCCCCCCCCCN)sc1C. The van der Waals surface area contributed by atoms with Crippen molar-refractivity contribution in [2.45, 2.75) is 58.8 Å². The zero-order chi connectivity index (χ0) is 19.5. The Morgan fingerprint density at radius 3 is 2.37 bits per heavy atom. The summed E-state index contributed by atoms with van der Waals surface area (Å²) in [7, 11) is 0. The monoisotopic (exact) mass is 388 g/mol. The van der Waals surface area contributed by atoms with Gasteiger partial charge in [0, 0.05) is 17.1 Å². The van der Waals surface area contributed by atoms with Crippen LogP contribution < -0.4 is 16.4 Å². The highest BCUT2D eigenvalue weighted by Gasteiger charge is 2.13. The van der Waals surface area contributed by atoms with Gasteiger partial charge in [0.1, 0.15) is 0 Å². The predicted octanol–water partition coefficient (Wildman–Crippen LogP) is 5.11. The summed E-state index contributed by atoms with van der Waals surface area (Å²) < 4.78 is 0. The third-order valence-corrected chi connectivity index (χ3v) is 5.61. The lowest BCUT2D eigenvalue weighted by Gasteiger charge is -2.11. The van der Waals surface area contributed by atoms with Gasteiger partial charge in [-0.2, -0.15) is 0 Å². The molecule has 0 unspecified atom stereocenters. The van der Waals surface area contributed by atoms with Gasteiger partial charge in [-0.15, -0.1) is 11.3 Å². The molecule has 0 aliphatic rings. The summed E-state index contributed by atoms with van der Waals surface area (Å²) in [5.41, 5.74) is 8.01. The van der Waals surface area contributed by atoms with Gasteiger partial charge in [-0.3, -0.25) is 10.1 Å². The van der Waals surface area contributed by atoms with E-state index in [0.29, 0.717) is 10.7 Å². The number of carbonyl (C=O) groups is 1. The van der Waals surface area contributed by atoms with Crippen LogP contribution in [0.25, 0.3) is 0 Å². The Hall–Kier alpha value is -1.92. The van der Waals surface area contributed by atoms with Crippen molar-refractivity contribution in [2.24, 2.45) is 5.73 Å². The number of anilines is 2. The van der Waals surface area contributed by atoms with E-state index in [1.807, 2.05) is 38.1 Å². The zero-order valence-electron chi connectivity index (χ0n) is 16.5. The topological polar surface area (TPSA) is 80.0 Å². The Bertz CT molecular complexity index is 694. The summed E-state index contributed by atoms with van der Waals surface area (Å²) in [4.78, 5) is 18.1. The molecule has 1 amide bonds. The van der Waals surface area contributed by atoms with E-state index in [4.69, 9.17) is 5.73 Å². The minimum absolute atomic E-state index is 0.119. The third-order valence-electron chi connectivity index (χ3n) is 4.62. The van der Waals surface area contributed by atoms with Gasteiger partial charge < -0.3 is 11.1 Å². The van der Waals surface area contributed by atoms with Crippen LogP contribution in [0.3, 0.4) is 0 Å². The molecule has 0 aliphatic carbocycles. The number of rotatable bonds is 12. The number of aromatic nitrogens is 1. The number of nitrogens with two attached hydrogens (primary N) is 1. The van der Waals surface area contributed by atoms with E-state index in [0.717, 1.165) is 42.2 Å². The summed E-state index contributed by atoms with van der Waals surface area (Å²) in [6, 6.07) is 7.65. The van der Waals surface area contributed by atoms with Crippen molar-refractivity contribution in [2.75, 3.05) is 23.7 Å². The molecule has 1 aromatic heterocycles. The van der Waals surface area contributed by atoms with Crippen molar-refractivity contribution < 1.29 is 4.79 Å². The molecular formula is C21H32N4OS. The molecule has 5 nitrogen and oxygen atoms in total. The first-order valence-electron chi connectivity index (χ1n) is 9.90. The molecule has 2 rings (SSSR count). The molecule has 148 valence electrons. The van der Waals surface area contributed by atoms with Gasteiger partial charge in [0.25, 0.3) is 5.91 Å². The summed E-state index contributed by atoms with van der Waals surface area (Å²) in [5, 5.41) is 6.98. The van der Waals surface area contributed by atoms with Crippen LogP contribution in [-0.2, 0) is 0 Å². The van der Waals surface area contributed by atoms with Crippen molar-refractivity contribution in [3.05, 3.63) is 40.4 Å². The number of carbonyl (C=O) groups excluding carboxylic acids is 1. The molecule has 0 atom stereocenters. The Balaban J connectivity index is 1.77. The number of benzene rings is 1. The van der Waals surface area contributed by atoms with Gasteiger partial charge in [0.15, 0.2) is 5.13 Å². The maximum Gasteiger partial charge on any atom is 0.259 e. The molecule has 1 heterocycles. The first kappa shape index (κ1) is 21.4. The van der Waals surface area contributed by atoms with Crippen LogP contribution in [0.5, 0.6) is 0 Å². The normalized spacial score (nSPS) is 10.8. The minimum Gasteiger partial charge on any atom is -0.384 e. The lowest BCUT2D eigenvalue weighted by atomic mass is 10.1. The Labute approximate surface area is 166 Å². The highest BCUT2D eigenvalue weighted by Crippen LogP contribution is 2.23. The number of hydrogen-bond acceptors (Lipinski definition) is 5. The second kappa shape index (κ2) is 11.7. The fourth-order valence-corrected chi connectivity index (χ4v) is 3.71. The van der Waals surface area contributed by atoms with Crippen LogP contribution in [0.4, 0.5) is 10.8 Å². The Morgan fingerprint density at radius 2 is 1.70 bits per heavy atom. The van der Waals surface area contributed by atoms with Crippen molar-refractivity contribution >= 4 is 28.1 Å². The number of nitrogens with zero attached hydrogens (tertiary/aromatic N) is 1. The molecule has 0 saturated carbocycles. The van der Waals surface area contributed by atoms with Gasteiger partial charge in [-0.1, -0.05) is 44.2 Å². The molecule has 2 aromatic rings. The van der Waals surface area contributed by atoms with Crippen molar-refractivity contribution in [1.82, 2.24) is 4.98 Å². The highest BCUT2D eigenvalue weighted by atomic mass is 32.1. The van der Waals surface area contributed by atoms with Gasteiger partial charge in [0.05, 0.1) is 11.3 Å². The number of hydrogen-bond donors (Lipinski definition) is 3. The fraction of sp³-hybridized carbons (Fsp3) is 0.524. The quantitative estimate of drug-likeness (QED) is 0.441. The highest BCUT2D eigenvalue weighted by molar-refractivity contribution is 7.15. The van der Waals surface area contributed by atoms with Crippen LogP contribution in [-0.4, -0.2) is 24.0 Å². The molecule has 0 radical (unpaired) electrons. The molecule has 0 bridgehead atoms. The van der Waals surface area contributed by atoms with E-state index in [-0.39, 0.29) is 5.91 Å². The number of aryl methyl sites for hydroxylation is 2. The number of para-hydroxylation sites is 1. The lowest BCUT2D eigenvalue weighted by molar-refractivity contribution is 0.102. The first-order valence-corrected chi connectivity index (χ1v) is 10.7. The summed E-state index contributed by atoms with van der Waals surface area (Å²) in [6.45, 7) is 5.65. The first-order chi connectivity index (χ1) is 13.1. The lowest BCUT2D eigenvalue weighted by Crippen LogP contribution is -2.15. The number of nitrogens with one attached hydrogen (secondary N) is 2. The van der Waals surface area contributed by atoms with Crippen LogP contribution in [0, 0.1) is 13.8 Å². The van der Waals surface area contributed by atoms with Crippen LogP contribution >= 0.6 is 11.3 Å². The molecule has 0 aliphatic heterocycles. The maximum absolute atomic E-state index is 12.6. The van der Waals surface area contributed by atoms with Gasteiger partial charge in [0.2, 0.25) is 0 Å². The number of amides is 1. The predicted molar refractivity (Wildman–Crippen MR) is 116 cm³/mol. The second-order valence-electron chi connectivity index (χ2n) is 6.85. The summed E-state index contributed by atoms with van der Waals surface area (Å²) in [6.07, 6.45) is 8.53.